The lowest BCUT2D eigenvalue weighted by atomic mass is 10.1. The van der Waals surface area contributed by atoms with Gasteiger partial charge in [-0.15, -0.1) is 0 Å². The summed E-state index contributed by atoms with van der Waals surface area (Å²) in [6.45, 7) is 3.83. The number of aliphatic hydroxyl groups excluding tert-OH is 2. The van der Waals surface area contributed by atoms with Gasteiger partial charge in [0, 0.05) is 0 Å². The normalized spacial score (nSPS) is 12.6. The van der Waals surface area contributed by atoms with E-state index in [9.17, 15) is 0 Å². The molecule has 0 unspecified atom stereocenters. The van der Waals surface area contributed by atoms with E-state index >= 15 is 0 Å². The summed E-state index contributed by atoms with van der Waals surface area (Å²) < 4.78 is 5.31. The molecule has 78 valence electrons. The molecule has 0 bridgehead atoms. The molecule has 0 aliphatic rings. The fourth-order valence-corrected chi connectivity index (χ4v) is 1.26. The van der Waals surface area contributed by atoms with Crippen molar-refractivity contribution in [2.45, 2.75) is 20.0 Å². The molecular formula is C11H16O3. The average Bonchev–Trinajstić information content (AvgIpc) is 2.12. The van der Waals surface area contributed by atoms with Gasteiger partial charge in [-0.3, -0.25) is 0 Å². The average molecular weight is 196 g/mol. The summed E-state index contributed by atoms with van der Waals surface area (Å²) >= 11 is 0. The Morgan fingerprint density at radius 1 is 1.21 bits per heavy atom. The first-order valence-corrected chi connectivity index (χ1v) is 4.62. The molecule has 3 nitrogen and oxygen atoms in total. The fraction of sp³-hybridized carbons (Fsp3) is 0.455. The summed E-state index contributed by atoms with van der Waals surface area (Å²) in [7, 11) is 0. The van der Waals surface area contributed by atoms with E-state index in [0.717, 1.165) is 16.9 Å². The molecule has 0 aliphatic heterocycles. The highest BCUT2D eigenvalue weighted by Crippen LogP contribution is 2.16. The zero-order chi connectivity index (χ0) is 10.6. The lowest BCUT2D eigenvalue weighted by Gasteiger charge is -2.10. The van der Waals surface area contributed by atoms with Crippen LogP contribution in [0.1, 0.15) is 11.1 Å². The molecule has 0 spiro atoms. The van der Waals surface area contributed by atoms with Gasteiger partial charge < -0.3 is 14.9 Å². The fourth-order valence-electron chi connectivity index (χ4n) is 1.26. The number of ether oxygens (including phenoxy) is 1. The Kier molecular flexibility index (Phi) is 3.92. The van der Waals surface area contributed by atoms with Crippen LogP contribution in [-0.2, 0) is 0 Å². The van der Waals surface area contributed by atoms with E-state index in [1.165, 1.54) is 0 Å². The summed E-state index contributed by atoms with van der Waals surface area (Å²) in [6, 6.07) is 5.85. The molecule has 0 heterocycles. The SMILES string of the molecule is Cc1cc(C)cc(OC[C@@H](O)CO)c1. The predicted octanol–water partition coefficient (Wildman–Crippen LogP) is 1.04. The molecular weight excluding hydrogens is 180 g/mol. The first-order valence-electron chi connectivity index (χ1n) is 4.62. The highest BCUT2D eigenvalue weighted by Gasteiger charge is 2.03. The van der Waals surface area contributed by atoms with Crippen LogP contribution in [0.4, 0.5) is 0 Å². The molecule has 0 aromatic heterocycles. The van der Waals surface area contributed by atoms with Crippen molar-refractivity contribution < 1.29 is 14.9 Å². The summed E-state index contributed by atoms with van der Waals surface area (Å²) in [5.41, 5.74) is 2.25. The Hall–Kier alpha value is -1.06. The number of aliphatic hydroxyl groups is 2. The molecule has 0 aliphatic carbocycles. The number of rotatable bonds is 4. The van der Waals surface area contributed by atoms with Crippen molar-refractivity contribution in [2.24, 2.45) is 0 Å². The highest BCUT2D eigenvalue weighted by atomic mass is 16.5. The summed E-state index contributed by atoms with van der Waals surface area (Å²) in [6.07, 6.45) is -0.809. The molecule has 3 heteroatoms. The standard InChI is InChI=1S/C11H16O3/c1-8-3-9(2)5-11(4-8)14-7-10(13)6-12/h3-5,10,12-13H,6-7H2,1-2H3/t10-/m0/s1. The molecule has 1 aromatic rings. The first kappa shape index (κ1) is 11.0. The van der Waals surface area contributed by atoms with Gasteiger partial charge in [0.15, 0.2) is 0 Å². The van der Waals surface area contributed by atoms with Crippen LogP contribution in [0.25, 0.3) is 0 Å². The van der Waals surface area contributed by atoms with Crippen LogP contribution in [0.5, 0.6) is 5.75 Å². The molecule has 1 rings (SSSR count). The summed E-state index contributed by atoms with van der Waals surface area (Å²) in [5.74, 6) is 0.731. The first-order chi connectivity index (χ1) is 6.61. The Morgan fingerprint density at radius 2 is 1.79 bits per heavy atom. The zero-order valence-electron chi connectivity index (χ0n) is 8.53. The van der Waals surface area contributed by atoms with Crippen molar-refractivity contribution >= 4 is 0 Å². The van der Waals surface area contributed by atoms with Crippen molar-refractivity contribution in [2.75, 3.05) is 13.2 Å². The molecule has 2 N–H and O–H groups in total. The largest absolute Gasteiger partial charge is 0.491 e. The Bertz CT molecular complexity index is 276. The maximum absolute atomic E-state index is 9.08. The van der Waals surface area contributed by atoms with Gasteiger partial charge >= 0.3 is 0 Å². The lowest BCUT2D eigenvalue weighted by Crippen LogP contribution is -2.21. The quantitative estimate of drug-likeness (QED) is 0.756. The molecule has 0 saturated carbocycles. The number of hydrogen-bond acceptors (Lipinski definition) is 3. The molecule has 14 heavy (non-hydrogen) atoms. The highest BCUT2D eigenvalue weighted by molar-refractivity contribution is 5.32. The van der Waals surface area contributed by atoms with Crippen LogP contribution < -0.4 is 4.74 Å². The van der Waals surface area contributed by atoms with E-state index in [-0.39, 0.29) is 13.2 Å². The second kappa shape index (κ2) is 4.98. The minimum atomic E-state index is -0.809. The lowest BCUT2D eigenvalue weighted by molar-refractivity contribution is 0.0536. The Labute approximate surface area is 84.0 Å². The van der Waals surface area contributed by atoms with E-state index in [1.54, 1.807) is 0 Å². The van der Waals surface area contributed by atoms with Gasteiger partial charge in [-0.1, -0.05) is 6.07 Å². The zero-order valence-corrected chi connectivity index (χ0v) is 8.53. The van der Waals surface area contributed by atoms with Crippen molar-refractivity contribution in [3.05, 3.63) is 29.3 Å². The van der Waals surface area contributed by atoms with E-state index in [1.807, 2.05) is 26.0 Å². The van der Waals surface area contributed by atoms with Crippen LogP contribution in [0.3, 0.4) is 0 Å². The molecule has 0 amide bonds. The van der Waals surface area contributed by atoms with Gasteiger partial charge in [0.1, 0.15) is 18.5 Å². The Morgan fingerprint density at radius 3 is 2.29 bits per heavy atom. The van der Waals surface area contributed by atoms with Gasteiger partial charge in [-0.2, -0.15) is 0 Å². The van der Waals surface area contributed by atoms with Crippen LogP contribution in [0.15, 0.2) is 18.2 Å². The minimum absolute atomic E-state index is 0.124. The Balaban J connectivity index is 2.58. The smallest absolute Gasteiger partial charge is 0.119 e. The molecule has 0 fully saturated rings. The monoisotopic (exact) mass is 196 g/mol. The van der Waals surface area contributed by atoms with Gasteiger partial charge in [-0.25, -0.2) is 0 Å². The molecule has 1 aromatic carbocycles. The number of aryl methyl sites for hydroxylation is 2. The van der Waals surface area contributed by atoms with Crippen LogP contribution in [0, 0.1) is 13.8 Å². The summed E-state index contributed by atoms with van der Waals surface area (Å²) in [5, 5.41) is 17.7. The predicted molar refractivity (Wildman–Crippen MR) is 54.5 cm³/mol. The molecule has 0 saturated heterocycles. The maximum atomic E-state index is 9.08. The van der Waals surface area contributed by atoms with Gasteiger partial charge in [0.2, 0.25) is 0 Å². The van der Waals surface area contributed by atoms with Gasteiger partial charge in [0.05, 0.1) is 6.61 Å². The van der Waals surface area contributed by atoms with Crippen molar-refractivity contribution in [3.63, 3.8) is 0 Å². The summed E-state index contributed by atoms with van der Waals surface area (Å²) in [4.78, 5) is 0. The second-order valence-corrected chi connectivity index (χ2v) is 3.47. The van der Waals surface area contributed by atoms with E-state index in [4.69, 9.17) is 14.9 Å². The topological polar surface area (TPSA) is 49.7 Å². The molecule has 0 radical (unpaired) electrons. The van der Waals surface area contributed by atoms with Crippen molar-refractivity contribution in [1.29, 1.82) is 0 Å². The van der Waals surface area contributed by atoms with Gasteiger partial charge in [0.25, 0.3) is 0 Å². The van der Waals surface area contributed by atoms with Crippen LogP contribution in [-0.4, -0.2) is 29.5 Å². The second-order valence-electron chi connectivity index (χ2n) is 3.47. The van der Waals surface area contributed by atoms with Crippen LogP contribution in [0.2, 0.25) is 0 Å². The van der Waals surface area contributed by atoms with E-state index in [2.05, 4.69) is 6.07 Å². The third kappa shape index (κ3) is 3.36. The number of benzene rings is 1. The van der Waals surface area contributed by atoms with Crippen molar-refractivity contribution in [1.82, 2.24) is 0 Å². The third-order valence-electron chi connectivity index (χ3n) is 1.85. The van der Waals surface area contributed by atoms with E-state index in [0.29, 0.717) is 0 Å². The molecule has 1 atom stereocenters. The maximum Gasteiger partial charge on any atom is 0.119 e. The van der Waals surface area contributed by atoms with Crippen LogP contribution >= 0.6 is 0 Å². The van der Waals surface area contributed by atoms with Crippen molar-refractivity contribution in [3.8, 4) is 5.75 Å². The van der Waals surface area contributed by atoms with Gasteiger partial charge in [-0.05, 0) is 37.1 Å². The number of hydrogen-bond donors (Lipinski definition) is 2. The van der Waals surface area contributed by atoms with E-state index < -0.39 is 6.10 Å². The minimum Gasteiger partial charge on any atom is -0.491 e. The third-order valence-corrected chi connectivity index (χ3v) is 1.85.